The molecule has 44 valence electrons. The van der Waals surface area contributed by atoms with Crippen molar-refractivity contribution in [2.24, 2.45) is 10.7 Å². The maximum absolute atomic E-state index is 10.3. The van der Waals surface area contributed by atoms with Crippen molar-refractivity contribution in [3.8, 4) is 0 Å². The van der Waals surface area contributed by atoms with Crippen molar-refractivity contribution in [1.82, 2.24) is 5.32 Å². The average molecular weight is 113 g/mol. The molecule has 0 saturated heterocycles. The summed E-state index contributed by atoms with van der Waals surface area (Å²) in [6.07, 6.45) is 1.91. The fraction of sp³-hybridized carbons (Fsp3) is 0.500. The van der Waals surface area contributed by atoms with E-state index >= 15 is 0 Å². The Bertz CT molecular complexity index is 131. The minimum Gasteiger partial charge on any atom is -0.321 e. The number of hydrogen-bond donors (Lipinski definition) is 2. The molecule has 3 N–H and O–H groups in total. The first-order valence-electron chi connectivity index (χ1n) is 2.37. The lowest BCUT2D eigenvalue weighted by molar-refractivity contribution is 0.245. The topological polar surface area (TPSA) is 67.5 Å². The smallest absolute Gasteiger partial charge is 0.321 e. The number of carbonyl (C=O) groups excluding carboxylic acids is 1. The van der Waals surface area contributed by atoms with Gasteiger partial charge in [-0.05, 0) is 0 Å². The normalized spacial score (nSPS) is 27.6. The molecule has 0 saturated carbocycles. The first-order chi connectivity index (χ1) is 3.79. The minimum atomic E-state index is -0.344. The fourth-order valence-electron chi connectivity index (χ4n) is 0.504. The van der Waals surface area contributed by atoms with Crippen LogP contribution in [0, 0.1) is 0 Å². The maximum atomic E-state index is 10.3. The number of nitrogens with zero attached hydrogens (tertiary/aromatic N) is 1. The van der Waals surface area contributed by atoms with Gasteiger partial charge in [-0.1, -0.05) is 0 Å². The van der Waals surface area contributed by atoms with Crippen LogP contribution < -0.4 is 11.1 Å². The van der Waals surface area contributed by atoms with Crippen LogP contribution in [0.5, 0.6) is 0 Å². The predicted octanol–water partition coefficient (Wildman–Crippen LogP) is -0.545. The number of carbonyl (C=O) groups is 1. The SMILES string of the molecule is NC1CC=NC(=O)N1. The van der Waals surface area contributed by atoms with Gasteiger partial charge in [0.25, 0.3) is 0 Å². The Morgan fingerprint density at radius 3 is 3.12 bits per heavy atom. The summed E-state index contributed by atoms with van der Waals surface area (Å²) < 4.78 is 0. The molecular formula is C4H7N3O. The molecule has 1 unspecified atom stereocenters. The van der Waals surface area contributed by atoms with E-state index in [0.29, 0.717) is 6.42 Å². The lowest BCUT2D eigenvalue weighted by Gasteiger charge is -2.11. The van der Waals surface area contributed by atoms with Crippen LogP contribution in [0.15, 0.2) is 4.99 Å². The summed E-state index contributed by atoms with van der Waals surface area (Å²) in [5.74, 6) is 0. The fourth-order valence-corrected chi connectivity index (χ4v) is 0.504. The molecule has 0 aliphatic carbocycles. The standard InChI is InChI=1S/C4H7N3O/c5-3-1-2-6-4(8)7-3/h2-3H,1,5H2,(H,7,8). The number of aliphatic imine (C=N–C) groups is 1. The molecule has 0 aromatic heterocycles. The van der Waals surface area contributed by atoms with Crippen LogP contribution >= 0.6 is 0 Å². The van der Waals surface area contributed by atoms with Gasteiger partial charge in [0, 0.05) is 12.6 Å². The lowest BCUT2D eigenvalue weighted by atomic mass is 10.3. The zero-order valence-electron chi connectivity index (χ0n) is 4.29. The molecule has 1 heterocycles. The molecule has 1 aliphatic rings. The Kier molecular flexibility index (Phi) is 1.26. The zero-order chi connectivity index (χ0) is 5.98. The van der Waals surface area contributed by atoms with Crippen molar-refractivity contribution in [2.75, 3.05) is 0 Å². The van der Waals surface area contributed by atoms with Crippen molar-refractivity contribution in [2.45, 2.75) is 12.6 Å². The van der Waals surface area contributed by atoms with E-state index in [-0.39, 0.29) is 12.2 Å². The van der Waals surface area contributed by atoms with E-state index in [9.17, 15) is 4.79 Å². The van der Waals surface area contributed by atoms with Gasteiger partial charge in [0.2, 0.25) is 0 Å². The molecule has 1 aliphatic heterocycles. The number of nitrogens with two attached hydrogens (primary N) is 1. The Morgan fingerprint density at radius 2 is 2.75 bits per heavy atom. The van der Waals surface area contributed by atoms with Crippen LogP contribution in [0.1, 0.15) is 6.42 Å². The molecule has 0 fully saturated rings. The van der Waals surface area contributed by atoms with Gasteiger partial charge >= 0.3 is 6.03 Å². The summed E-state index contributed by atoms with van der Waals surface area (Å²) in [5, 5.41) is 2.42. The summed E-state index contributed by atoms with van der Waals surface area (Å²) in [7, 11) is 0. The summed E-state index contributed by atoms with van der Waals surface area (Å²) in [4.78, 5) is 13.7. The molecule has 2 amide bonds. The number of urea groups is 1. The average Bonchev–Trinajstić information content (AvgIpc) is 1.64. The molecule has 0 radical (unpaired) electrons. The molecule has 8 heavy (non-hydrogen) atoms. The molecule has 1 rings (SSSR count). The van der Waals surface area contributed by atoms with Gasteiger partial charge in [-0.3, -0.25) is 0 Å². The quantitative estimate of drug-likeness (QED) is 0.442. The zero-order valence-corrected chi connectivity index (χ0v) is 4.29. The van der Waals surface area contributed by atoms with E-state index in [4.69, 9.17) is 5.73 Å². The van der Waals surface area contributed by atoms with Crippen molar-refractivity contribution in [3.63, 3.8) is 0 Å². The van der Waals surface area contributed by atoms with Crippen LogP contribution in [0.25, 0.3) is 0 Å². The third-order valence-corrected chi connectivity index (χ3v) is 0.877. The monoisotopic (exact) mass is 113 g/mol. The highest BCUT2D eigenvalue weighted by Crippen LogP contribution is 1.87. The lowest BCUT2D eigenvalue weighted by Crippen LogP contribution is -2.42. The van der Waals surface area contributed by atoms with E-state index in [1.807, 2.05) is 0 Å². The van der Waals surface area contributed by atoms with Crippen molar-refractivity contribution in [1.29, 1.82) is 0 Å². The third-order valence-electron chi connectivity index (χ3n) is 0.877. The highest BCUT2D eigenvalue weighted by atomic mass is 16.2. The summed E-state index contributed by atoms with van der Waals surface area (Å²) in [6, 6.07) is -0.344. The first-order valence-corrected chi connectivity index (χ1v) is 2.37. The van der Waals surface area contributed by atoms with E-state index in [1.54, 1.807) is 0 Å². The predicted molar refractivity (Wildman–Crippen MR) is 29.6 cm³/mol. The van der Waals surface area contributed by atoms with Crippen molar-refractivity contribution >= 4 is 12.2 Å². The van der Waals surface area contributed by atoms with E-state index < -0.39 is 0 Å². The summed E-state index contributed by atoms with van der Waals surface area (Å²) in [5.41, 5.74) is 5.30. The Balaban J connectivity index is 2.54. The van der Waals surface area contributed by atoms with Crippen LogP contribution in [-0.4, -0.2) is 18.4 Å². The van der Waals surface area contributed by atoms with Crippen LogP contribution in [0.4, 0.5) is 4.79 Å². The van der Waals surface area contributed by atoms with E-state index in [1.165, 1.54) is 6.21 Å². The number of amides is 2. The van der Waals surface area contributed by atoms with E-state index in [0.717, 1.165) is 0 Å². The summed E-state index contributed by atoms with van der Waals surface area (Å²) >= 11 is 0. The first kappa shape index (κ1) is 5.24. The maximum Gasteiger partial charge on any atom is 0.341 e. The highest BCUT2D eigenvalue weighted by Gasteiger charge is 2.07. The Hall–Kier alpha value is -0.900. The second kappa shape index (κ2) is 1.92. The Labute approximate surface area is 46.8 Å². The molecule has 4 nitrogen and oxygen atoms in total. The Morgan fingerprint density at radius 1 is 2.00 bits per heavy atom. The van der Waals surface area contributed by atoms with Gasteiger partial charge < -0.3 is 11.1 Å². The molecule has 0 spiro atoms. The van der Waals surface area contributed by atoms with Gasteiger partial charge in [0.15, 0.2) is 0 Å². The van der Waals surface area contributed by atoms with E-state index in [2.05, 4.69) is 10.3 Å². The largest absolute Gasteiger partial charge is 0.341 e. The number of hydrogen-bond acceptors (Lipinski definition) is 2. The van der Waals surface area contributed by atoms with Crippen molar-refractivity contribution < 1.29 is 4.79 Å². The van der Waals surface area contributed by atoms with Crippen molar-refractivity contribution in [3.05, 3.63) is 0 Å². The van der Waals surface area contributed by atoms with Gasteiger partial charge in [-0.25, -0.2) is 9.79 Å². The molecular weight excluding hydrogens is 106 g/mol. The van der Waals surface area contributed by atoms with Gasteiger partial charge in [0.1, 0.15) is 0 Å². The number of rotatable bonds is 0. The highest BCUT2D eigenvalue weighted by molar-refractivity contribution is 5.86. The van der Waals surface area contributed by atoms with Crippen LogP contribution in [-0.2, 0) is 0 Å². The minimum absolute atomic E-state index is 0.236. The third kappa shape index (κ3) is 1.04. The second-order valence-electron chi connectivity index (χ2n) is 1.60. The summed E-state index contributed by atoms with van der Waals surface area (Å²) in [6.45, 7) is 0. The molecule has 0 aromatic rings. The van der Waals surface area contributed by atoms with Gasteiger partial charge in [-0.2, -0.15) is 0 Å². The van der Waals surface area contributed by atoms with Gasteiger partial charge in [-0.15, -0.1) is 0 Å². The molecule has 0 aromatic carbocycles. The molecule has 4 heteroatoms. The molecule has 1 atom stereocenters. The second-order valence-corrected chi connectivity index (χ2v) is 1.60. The number of nitrogens with one attached hydrogen (secondary N) is 1. The van der Waals surface area contributed by atoms with Crippen LogP contribution in [0.3, 0.4) is 0 Å². The molecule has 0 bridgehead atoms. The van der Waals surface area contributed by atoms with Crippen LogP contribution in [0.2, 0.25) is 0 Å². The van der Waals surface area contributed by atoms with Gasteiger partial charge in [0.05, 0.1) is 6.17 Å².